The fourth-order valence-corrected chi connectivity index (χ4v) is 1.84. The lowest BCUT2D eigenvalue weighted by atomic mass is 9.95. The Morgan fingerprint density at radius 1 is 1.41 bits per heavy atom. The van der Waals surface area contributed by atoms with Gasteiger partial charge in [0, 0.05) is 17.3 Å². The number of amides is 1. The van der Waals surface area contributed by atoms with Gasteiger partial charge in [-0.25, -0.2) is 0 Å². The first-order valence-electron chi connectivity index (χ1n) is 5.75. The molecular weight excluding hydrogens is 236 g/mol. The summed E-state index contributed by atoms with van der Waals surface area (Å²) in [6, 6.07) is 7.18. The summed E-state index contributed by atoms with van der Waals surface area (Å²) in [5.41, 5.74) is 0.740. The van der Waals surface area contributed by atoms with Crippen LogP contribution in [0.15, 0.2) is 24.3 Å². The van der Waals surface area contributed by atoms with E-state index < -0.39 is 0 Å². The highest BCUT2D eigenvalue weighted by molar-refractivity contribution is 6.30. The summed E-state index contributed by atoms with van der Waals surface area (Å²) in [5.74, 6) is 0.275. The minimum absolute atomic E-state index is 0.0246. The zero-order valence-electron chi connectivity index (χ0n) is 10.5. The molecule has 3 nitrogen and oxygen atoms in total. The first-order chi connectivity index (χ1) is 8.04. The van der Waals surface area contributed by atoms with E-state index in [9.17, 15) is 4.79 Å². The van der Waals surface area contributed by atoms with Crippen LogP contribution in [-0.2, 0) is 4.79 Å². The molecule has 94 valence electrons. The first-order valence-corrected chi connectivity index (χ1v) is 6.13. The highest BCUT2D eigenvalue weighted by atomic mass is 35.5. The molecule has 1 atom stereocenters. The van der Waals surface area contributed by atoms with E-state index in [4.69, 9.17) is 11.6 Å². The van der Waals surface area contributed by atoms with Crippen molar-refractivity contribution < 1.29 is 4.79 Å². The molecule has 0 aliphatic heterocycles. The van der Waals surface area contributed by atoms with Gasteiger partial charge in [-0.3, -0.25) is 4.79 Å². The molecule has 0 aliphatic rings. The Bertz CT molecular complexity index is 379. The molecule has 0 saturated heterocycles. The molecule has 0 heterocycles. The number of hydrogen-bond donors (Lipinski definition) is 2. The monoisotopic (exact) mass is 254 g/mol. The smallest absolute Gasteiger partial charge is 0.229 e. The van der Waals surface area contributed by atoms with Crippen molar-refractivity contribution >= 4 is 23.2 Å². The lowest BCUT2D eigenvalue weighted by Crippen LogP contribution is -2.34. The zero-order valence-corrected chi connectivity index (χ0v) is 11.2. The second kappa shape index (κ2) is 6.62. The minimum atomic E-state index is -0.0426. The van der Waals surface area contributed by atoms with Crippen LogP contribution >= 0.6 is 11.6 Å². The van der Waals surface area contributed by atoms with Crippen LogP contribution in [0.5, 0.6) is 0 Å². The van der Waals surface area contributed by atoms with Gasteiger partial charge in [0.2, 0.25) is 5.91 Å². The fraction of sp³-hybridized carbons (Fsp3) is 0.462. The second-order valence-electron chi connectivity index (χ2n) is 4.41. The van der Waals surface area contributed by atoms with Crippen molar-refractivity contribution in [2.75, 3.05) is 18.9 Å². The van der Waals surface area contributed by atoms with E-state index in [1.807, 2.05) is 33.0 Å². The van der Waals surface area contributed by atoms with Crippen LogP contribution in [0.1, 0.15) is 13.8 Å². The van der Waals surface area contributed by atoms with Gasteiger partial charge in [-0.2, -0.15) is 0 Å². The molecule has 1 aromatic rings. The third-order valence-electron chi connectivity index (χ3n) is 2.66. The number of halogens is 1. The van der Waals surface area contributed by atoms with E-state index in [0.717, 1.165) is 5.69 Å². The van der Waals surface area contributed by atoms with Crippen LogP contribution < -0.4 is 10.6 Å². The molecule has 0 spiro atoms. The third kappa shape index (κ3) is 4.36. The molecule has 17 heavy (non-hydrogen) atoms. The van der Waals surface area contributed by atoms with Gasteiger partial charge in [0.1, 0.15) is 0 Å². The van der Waals surface area contributed by atoms with Gasteiger partial charge >= 0.3 is 0 Å². The van der Waals surface area contributed by atoms with E-state index in [1.165, 1.54) is 0 Å². The van der Waals surface area contributed by atoms with E-state index >= 15 is 0 Å². The van der Waals surface area contributed by atoms with Gasteiger partial charge in [-0.1, -0.05) is 31.5 Å². The normalized spacial score (nSPS) is 12.5. The summed E-state index contributed by atoms with van der Waals surface area (Å²) >= 11 is 5.87. The predicted octanol–water partition coefficient (Wildman–Crippen LogP) is 2.77. The highest BCUT2D eigenvalue weighted by Gasteiger charge is 2.21. The Morgan fingerprint density at radius 3 is 2.65 bits per heavy atom. The van der Waals surface area contributed by atoms with Gasteiger partial charge in [-0.05, 0) is 31.2 Å². The van der Waals surface area contributed by atoms with Crippen LogP contribution in [-0.4, -0.2) is 19.5 Å². The maximum Gasteiger partial charge on any atom is 0.229 e. The summed E-state index contributed by atoms with van der Waals surface area (Å²) in [5, 5.41) is 6.55. The van der Waals surface area contributed by atoms with Crippen LogP contribution in [0, 0.1) is 11.8 Å². The van der Waals surface area contributed by atoms with E-state index in [0.29, 0.717) is 17.5 Å². The van der Waals surface area contributed by atoms with Crippen molar-refractivity contribution in [1.82, 2.24) is 5.32 Å². The van der Waals surface area contributed by atoms with Gasteiger partial charge in [-0.15, -0.1) is 0 Å². The topological polar surface area (TPSA) is 41.1 Å². The molecule has 0 aromatic heterocycles. The lowest BCUT2D eigenvalue weighted by Gasteiger charge is -2.19. The Morgan fingerprint density at radius 2 is 2.12 bits per heavy atom. The third-order valence-corrected chi connectivity index (χ3v) is 2.89. The fourth-order valence-electron chi connectivity index (χ4n) is 1.65. The summed E-state index contributed by atoms with van der Waals surface area (Å²) in [7, 11) is 1.85. The summed E-state index contributed by atoms with van der Waals surface area (Å²) in [6.45, 7) is 4.75. The van der Waals surface area contributed by atoms with Crippen molar-refractivity contribution in [1.29, 1.82) is 0 Å². The second-order valence-corrected chi connectivity index (χ2v) is 4.84. The zero-order chi connectivity index (χ0) is 12.8. The largest absolute Gasteiger partial charge is 0.326 e. The summed E-state index contributed by atoms with van der Waals surface area (Å²) in [4.78, 5) is 12.1. The number of rotatable bonds is 5. The van der Waals surface area contributed by atoms with Gasteiger partial charge in [0.15, 0.2) is 0 Å². The summed E-state index contributed by atoms with van der Waals surface area (Å²) < 4.78 is 0. The summed E-state index contributed by atoms with van der Waals surface area (Å²) in [6.07, 6.45) is 0. The van der Waals surface area contributed by atoms with Crippen LogP contribution in [0.2, 0.25) is 5.02 Å². The first kappa shape index (κ1) is 14.0. The van der Waals surface area contributed by atoms with E-state index in [2.05, 4.69) is 10.6 Å². The highest BCUT2D eigenvalue weighted by Crippen LogP contribution is 2.17. The van der Waals surface area contributed by atoms with Crippen molar-refractivity contribution in [3.05, 3.63) is 29.3 Å². The molecule has 4 heteroatoms. The van der Waals surface area contributed by atoms with Crippen molar-refractivity contribution in [2.45, 2.75) is 13.8 Å². The average Bonchev–Trinajstić information content (AvgIpc) is 2.25. The molecule has 1 aromatic carbocycles. The molecule has 1 rings (SSSR count). The maximum atomic E-state index is 12.1. The lowest BCUT2D eigenvalue weighted by molar-refractivity contribution is -0.120. The Kier molecular flexibility index (Phi) is 5.45. The number of nitrogens with one attached hydrogen (secondary N) is 2. The molecule has 1 amide bonds. The molecule has 0 saturated carbocycles. The molecule has 1 unspecified atom stereocenters. The Balaban J connectivity index is 2.69. The molecule has 0 radical (unpaired) electrons. The van der Waals surface area contributed by atoms with Gasteiger partial charge in [0.25, 0.3) is 0 Å². The molecule has 0 fully saturated rings. The van der Waals surface area contributed by atoms with E-state index in [-0.39, 0.29) is 11.8 Å². The number of hydrogen-bond acceptors (Lipinski definition) is 2. The van der Waals surface area contributed by atoms with Crippen LogP contribution in [0.4, 0.5) is 5.69 Å². The van der Waals surface area contributed by atoms with Gasteiger partial charge < -0.3 is 10.6 Å². The average molecular weight is 255 g/mol. The van der Waals surface area contributed by atoms with Crippen molar-refractivity contribution in [3.63, 3.8) is 0 Å². The van der Waals surface area contributed by atoms with E-state index in [1.54, 1.807) is 12.1 Å². The Labute approximate surface area is 108 Å². The number of anilines is 1. The molecular formula is C13H19ClN2O. The molecule has 2 N–H and O–H groups in total. The van der Waals surface area contributed by atoms with Crippen molar-refractivity contribution in [3.8, 4) is 0 Å². The predicted molar refractivity (Wildman–Crippen MR) is 72.3 cm³/mol. The number of benzene rings is 1. The number of carbonyl (C=O) groups is 1. The van der Waals surface area contributed by atoms with Crippen LogP contribution in [0.3, 0.4) is 0 Å². The maximum absolute atomic E-state index is 12.1. The quantitative estimate of drug-likeness (QED) is 0.848. The Hall–Kier alpha value is -1.06. The minimum Gasteiger partial charge on any atom is -0.326 e. The standard InChI is InChI=1S/C13H19ClN2O/c1-9(2)12(8-15-3)13(17)16-11-6-4-5-10(14)7-11/h4-7,9,12,15H,8H2,1-3H3,(H,16,17). The van der Waals surface area contributed by atoms with Crippen molar-refractivity contribution in [2.24, 2.45) is 11.8 Å². The van der Waals surface area contributed by atoms with Gasteiger partial charge in [0.05, 0.1) is 5.92 Å². The molecule has 0 bridgehead atoms. The SMILES string of the molecule is CNCC(C(=O)Nc1cccc(Cl)c1)C(C)C. The van der Waals surface area contributed by atoms with Crippen LogP contribution in [0.25, 0.3) is 0 Å². The number of carbonyl (C=O) groups excluding carboxylic acids is 1. The molecule has 0 aliphatic carbocycles.